The second-order valence-electron chi connectivity index (χ2n) is 5.72. The van der Waals surface area contributed by atoms with Crippen molar-refractivity contribution >= 4 is 21.7 Å². The molecule has 1 aliphatic heterocycles. The summed E-state index contributed by atoms with van der Waals surface area (Å²) < 4.78 is 0.968. The van der Waals surface area contributed by atoms with Crippen LogP contribution in [-0.4, -0.2) is 55.4 Å². The molecule has 0 atom stereocenters. The van der Waals surface area contributed by atoms with Gasteiger partial charge in [-0.15, -0.1) is 0 Å². The molecule has 110 valence electrons. The number of carbonyl (C=O) groups excluding carboxylic acids is 1. The molecule has 0 saturated carbocycles. The predicted octanol–water partition coefficient (Wildman–Crippen LogP) is 3.05. The van der Waals surface area contributed by atoms with Gasteiger partial charge in [0.1, 0.15) is 0 Å². The highest BCUT2D eigenvalue weighted by Gasteiger charge is 2.20. The lowest BCUT2D eigenvalue weighted by Gasteiger charge is -2.35. The number of benzene rings is 1. The molecular formula is C16H23BrN2O. The van der Waals surface area contributed by atoms with Gasteiger partial charge in [0.05, 0.1) is 0 Å². The fourth-order valence-electron chi connectivity index (χ4n) is 2.73. The Balaban J connectivity index is 1.77. The van der Waals surface area contributed by atoms with Crippen molar-refractivity contribution in [2.75, 3.05) is 33.7 Å². The number of halogens is 1. The molecule has 0 amide bonds. The smallest absolute Gasteiger partial charge is 0.164 e. The molecule has 20 heavy (non-hydrogen) atoms. The van der Waals surface area contributed by atoms with Crippen LogP contribution in [0.3, 0.4) is 0 Å². The van der Waals surface area contributed by atoms with Crippen LogP contribution in [0.5, 0.6) is 0 Å². The number of ketones is 1. The first-order chi connectivity index (χ1) is 9.56. The Hall–Kier alpha value is -0.710. The average molecular weight is 339 g/mol. The largest absolute Gasteiger partial charge is 0.306 e. The van der Waals surface area contributed by atoms with Gasteiger partial charge in [0.2, 0.25) is 0 Å². The van der Waals surface area contributed by atoms with E-state index < -0.39 is 0 Å². The van der Waals surface area contributed by atoms with Gasteiger partial charge >= 0.3 is 0 Å². The summed E-state index contributed by atoms with van der Waals surface area (Å²) in [6.45, 7) is 3.09. The molecule has 0 aliphatic carbocycles. The van der Waals surface area contributed by atoms with E-state index in [1.54, 1.807) is 0 Å². The van der Waals surface area contributed by atoms with Crippen LogP contribution in [-0.2, 0) is 0 Å². The second-order valence-corrected chi connectivity index (χ2v) is 6.64. The normalized spacial score (nSPS) is 17.6. The maximum absolute atomic E-state index is 12.2. The van der Waals surface area contributed by atoms with Gasteiger partial charge in [-0.2, -0.15) is 0 Å². The third-order valence-corrected chi connectivity index (χ3v) is 4.58. The topological polar surface area (TPSA) is 23.6 Å². The Morgan fingerprint density at radius 3 is 2.65 bits per heavy atom. The van der Waals surface area contributed by atoms with Gasteiger partial charge in [-0.3, -0.25) is 4.79 Å². The first kappa shape index (κ1) is 15.7. The second kappa shape index (κ2) is 7.34. The summed E-state index contributed by atoms with van der Waals surface area (Å²) in [4.78, 5) is 16.9. The monoisotopic (exact) mass is 338 g/mol. The highest BCUT2D eigenvalue weighted by atomic mass is 79.9. The van der Waals surface area contributed by atoms with Crippen molar-refractivity contribution in [1.82, 2.24) is 9.80 Å². The van der Waals surface area contributed by atoms with Crippen LogP contribution in [0.1, 0.15) is 29.6 Å². The fraction of sp³-hybridized carbons (Fsp3) is 0.562. The molecule has 4 heteroatoms. The first-order valence-corrected chi connectivity index (χ1v) is 8.03. The summed E-state index contributed by atoms with van der Waals surface area (Å²) in [5, 5.41) is 0. The lowest BCUT2D eigenvalue weighted by molar-refractivity contribution is 0.0940. The minimum absolute atomic E-state index is 0.237. The van der Waals surface area contributed by atoms with Crippen molar-refractivity contribution in [2.45, 2.75) is 25.3 Å². The Labute approximate surface area is 130 Å². The van der Waals surface area contributed by atoms with E-state index in [-0.39, 0.29) is 5.78 Å². The van der Waals surface area contributed by atoms with Crippen LogP contribution < -0.4 is 0 Å². The third-order valence-electron chi connectivity index (χ3n) is 4.09. The number of hydrogen-bond acceptors (Lipinski definition) is 3. The van der Waals surface area contributed by atoms with E-state index >= 15 is 0 Å². The molecule has 3 nitrogen and oxygen atoms in total. The lowest BCUT2D eigenvalue weighted by atomic mass is 10.0. The zero-order chi connectivity index (χ0) is 14.5. The van der Waals surface area contributed by atoms with Gasteiger partial charge in [0.15, 0.2) is 5.78 Å². The number of Topliss-reactive ketones (excluding diaryl/α,β-unsaturated/α-hetero) is 1. The maximum Gasteiger partial charge on any atom is 0.164 e. The van der Waals surface area contributed by atoms with E-state index in [4.69, 9.17) is 0 Å². The highest BCUT2D eigenvalue weighted by Crippen LogP contribution is 2.16. The zero-order valence-corrected chi connectivity index (χ0v) is 13.9. The number of piperidine rings is 1. The van der Waals surface area contributed by atoms with Gasteiger partial charge < -0.3 is 9.80 Å². The van der Waals surface area contributed by atoms with Crippen molar-refractivity contribution in [3.63, 3.8) is 0 Å². The van der Waals surface area contributed by atoms with E-state index in [1.807, 2.05) is 24.3 Å². The minimum atomic E-state index is 0.237. The van der Waals surface area contributed by atoms with Crippen molar-refractivity contribution in [2.24, 2.45) is 0 Å². The molecule has 1 aromatic carbocycles. The lowest BCUT2D eigenvalue weighted by Crippen LogP contribution is -2.42. The van der Waals surface area contributed by atoms with Crippen molar-refractivity contribution in [3.05, 3.63) is 34.3 Å². The van der Waals surface area contributed by atoms with Crippen LogP contribution in [0.25, 0.3) is 0 Å². The summed E-state index contributed by atoms with van der Waals surface area (Å²) in [5.41, 5.74) is 0.808. The molecule has 1 saturated heterocycles. The highest BCUT2D eigenvalue weighted by molar-refractivity contribution is 9.10. The van der Waals surface area contributed by atoms with E-state index in [2.05, 4.69) is 39.8 Å². The molecule has 0 aromatic heterocycles. The Morgan fingerprint density at radius 1 is 1.35 bits per heavy atom. The van der Waals surface area contributed by atoms with Crippen molar-refractivity contribution in [3.8, 4) is 0 Å². The molecule has 0 N–H and O–H groups in total. The van der Waals surface area contributed by atoms with Crippen LogP contribution in [0.2, 0.25) is 0 Å². The van der Waals surface area contributed by atoms with Gasteiger partial charge in [-0.25, -0.2) is 0 Å². The number of hydrogen-bond donors (Lipinski definition) is 0. The zero-order valence-electron chi connectivity index (χ0n) is 12.3. The van der Waals surface area contributed by atoms with Crippen molar-refractivity contribution in [1.29, 1.82) is 0 Å². The average Bonchev–Trinajstić information content (AvgIpc) is 2.45. The molecule has 1 aromatic rings. The predicted molar refractivity (Wildman–Crippen MR) is 86.2 cm³/mol. The summed E-state index contributed by atoms with van der Waals surface area (Å²) in [6, 6.07) is 8.36. The Bertz CT molecular complexity index is 454. The fourth-order valence-corrected chi connectivity index (χ4v) is 3.12. The van der Waals surface area contributed by atoms with E-state index in [0.717, 1.165) is 29.7 Å². The first-order valence-electron chi connectivity index (χ1n) is 7.24. The van der Waals surface area contributed by atoms with Gasteiger partial charge in [0, 0.05) is 29.0 Å². The quantitative estimate of drug-likeness (QED) is 0.771. The molecule has 1 fully saturated rings. The number of nitrogens with zero attached hydrogens (tertiary/aromatic N) is 2. The number of carbonyl (C=O) groups is 1. The molecule has 0 radical (unpaired) electrons. The molecule has 1 heterocycles. The molecule has 0 unspecified atom stereocenters. The van der Waals surface area contributed by atoms with Crippen LogP contribution in [0, 0.1) is 0 Å². The summed E-state index contributed by atoms with van der Waals surface area (Å²) in [6.07, 6.45) is 3.03. The maximum atomic E-state index is 12.2. The minimum Gasteiger partial charge on any atom is -0.306 e. The Kier molecular flexibility index (Phi) is 5.75. The Morgan fingerprint density at radius 2 is 2.05 bits per heavy atom. The van der Waals surface area contributed by atoms with E-state index in [1.165, 1.54) is 12.8 Å². The van der Waals surface area contributed by atoms with Gasteiger partial charge in [-0.05, 0) is 52.2 Å². The summed E-state index contributed by atoms with van der Waals surface area (Å²) >= 11 is 3.41. The molecule has 1 aliphatic rings. The van der Waals surface area contributed by atoms with Crippen LogP contribution >= 0.6 is 15.9 Å². The number of likely N-dealkylation sites (tertiary alicyclic amines) is 1. The number of rotatable bonds is 5. The third kappa shape index (κ3) is 4.40. The van der Waals surface area contributed by atoms with Crippen LogP contribution in [0.4, 0.5) is 0 Å². The van der Waals surface area contributed by atoms with Crippen LogP contribution in [0.15, 0.2) is 28.7 Å². The molecule has 0 spiro atoms. The SMILES string of the molecule is CN(C)C1CCN(CCC(=O)c2cccc(Br)c2)CC1. The van der Waals surface area contributed by atoms with E-state index in [0.29, 0.717) is 12.5 Å². The molecular weight excluding hydrogens is 316 g/mol. The summed E-state index contributed by atoms with van der Waals surface area (Å²) in [5.74, 6) is 0.237. The van der Waals surface area contributed by atoms with E-state index in [9.17, 15) is 4.79 Å². The standard InChI is InChI=1S/C16H23BrN2O/c1-18(2)15-6-9-19(10-7-15)11-8-16(20)13-4-3-5-14(17)12-13/h3-5,12,15H,6-11H2,1-2H3. The molecule has 2 rings (SSSR count). The van der Waals surface area contributed by atoms with Gasteiger partial charge in [0.25, 0.3) is 0 Å². The summed E-state index contributed by atoms with van der Waals surface area (Å²) in [7, 11) is 4.30. The van der Waals surface area contributed by atoms with Gasteiger partial charge in [-0.1, -0.05) is 28.1 Å². The molecule has 0 bridgehead atoms. The van der Waals surface area contributed by atoms with Crippen molar-refractivity contribution < 1.29 is 4.79 Å².